The molecule has 0 bridgehead atoms. The van der Waals surface area contributed by atoms with Gasteiger partial charge in [0.25, 0.3) is 0 Å². The van der Waals surface area contributed by atoms with Crippen LogP contribution < -0.4 is 10.5 Å². The third-order valence-electron chi connectivity index (χ3n) is 3.27. The fourth-order valence-corrected chi connectivity index (χ4v) is 2.24. The van der Waals surface area contributed by atoms with Gasteiger partial charge in [0.2, 0.25) is 0 Å². The Morgan fingerprint density at radius 3 is 2.71 bits per heavy atom. The second-order valence-corrected chi connectivity index (χ2v) is 5.04. The molecule has 0 aliphatic heterocycles. The zero-order valence-corrected chi connectivity index (χ0v) is 12.8. The molecule has 1 aromatic carbocycles. The van der Waals surface area contributed by atoms with Crippen molar-refractivity contribution in [3.05, 3.63) is 45.7 Å². The van der Waals surface area contributed by atoms with Gasteiger partial charge in [-0.15, -0.1) is 0 Å². The minimum absolute atomic E-state index is 0.0000928. The van der Waals surface area contributed by atoms with Crippen LogP contribution in [-0.4, -0.2) is 27.9 Å². The van der Waals surface area contributed by atoms with Gasteiger partial charge in [-0.25, -0.2) is 0 Å². The highest BCUT2D eigenvalue weighted by Crippen LogP contribution is 2.23. The predicted molar refractivity (Wildman–Crippen MR) is 81.3 cm³/mol. The molecule has 3 N–H and O–H groups in total. The average molecular weight is 309 g/mol. The molecule has 112 valence electrons. The standard InChI is InChI=1S/C14H17ClN4O2/c1-8-13(15)9(2)19(17-8)7-10-4-5-12(21-3)11(6-10)14(16)18-20/h4-6,20H,7H2,1-3H3,(H2,16,18). The molecule has 0 fully saturated rings. The Kier molecular flexibility index (Phi) is 4.37. The van der Waals surface area contributed by atoms with Crippen molar-refractivity contribution < 1.29 is 9.94 Å². The van der Waals surface area contributed by atoms with Gasteiger partial charge in [-0.05, 0) is 31.5 Å². The lowest BCUT2D eigenvalue weighted by Crippen LogP contribution is -2.15. The van der Waals surface area contributed by atoms with Crippen LogP contribution in [-0.2, 0) is 6.54 Å². The Hall–Kier alpha value is -2.21. The van der Waals surface area contributed by atoms with E-state index in [-0.39, 0.29) is 5.84 Å². The number of halogens is 1. The monoisotopic (exact) mass is 308 g/mol. The van der Waals surface area contributed by atoms with E-state index in [1.165, 1.54) is 7.11 Å². The van der Waals surface area contributed by atoms with Gasteiger partial charge in [-0.3, -0.25) is 4.68 Å². The number of rotatable bonds is 4. The fourth-order valence-electron chi connectivity index (χ4n) is 2.11. The lowest BCUT2D eigenvalue weighted by molar-refractivity contribution is 0.318. The molecule has 7 heteroatoms. The van der Waals surface area contributed by atoms with Crippen molar-refractivity contribution in [1.29, 1.82) is 0 Å². The summed E-state index contributed by atoms with van der Waals surface area (Å²) >= 11 is 6.14. The first kappa shape index (κ1) is 15.2. The topological polar surface area (TPSA) is 85.7 Å². The molecule has 0 unspecified atom stereocenters. The van der Waals surface area contributed by atoms with Crippen molar-refractivity contribution in [3.8, 4) is 5.75 Å². The first-order valence-electron chi connectivity index (χ1n) is 6.32. The van der Waals surface area contributed by atoms with Crippen LogP contribution in [0.15, 0.2) is 23.4 Å². The predicted octanol–water partition coefficient (Wildman–Crippen LogP) is 2.30. The van der Waals surface area contributed by atoms with Gasteiger partial charge in [-0.1, -0.05) is 22.8 Å². The van der Waals surface area contributed by atoms with E-state index in [1.54, 1.807) is 12.1 Å². The number of hydrogen-bond donors (Lipinski definition) is 2. The van der Waals surface area contributed by atoms with Crippen LogP contribution >= 0.6 is 11.6 Å². The van der Waals surface area contributed by atoms with Crippen LogP contribution in [0.4, 0.5) is 0 Å². The van der Waals surface area contributed by atoms with Crippen molar-refractivity contribution >= 4 is 17.4 Å². The summed E-state index contributed by atoms with van der Waals surface area (Å²) in [6.45, 7) is 4.31. The van der Waals surface area contributed by atoms with E-state index >= 15 is 0 Å². The highest BCUT2D eigenvalue weighted by Gasteiger charge is 2.12. The van der Waals surface area contributed by atoms with E-state index in [0.29, 0.717) is 22.9 Å². The number of nitrogens with two attached hydrogens (primary N) is 1. The molecular weight excluding hydrogens is 292 g/mol. The fraction of sp³-hybridized carbons (Fsp3) is 0.286. The smallest absolute Gasteiger partial charge is 0.173 e. The number of methoxy groups -OCH3 is 1. The summed E-state index contributed by atoms with van der Waals surface area (Å²) in [5.41, 5.74) is 8.83. The molecule has 0 saturated carbocycles. The third-order valence-corrected chi connectivity index (χ3v) is 3.82. The average Bonchev–Trinajstić information content (AvgIpc) is 2.73. The minimum Gasteiger partial charge on any atom is -0.496 e. The summed E-state index contributed by atoms with van der Waals surface area (Å²) in [5.74, 6) is 0.542. The van der Waals surface area contributed by atoms with Gasteiger partial charge in [0.05, 0.1) is 35.6 Å². The van der Waals surface area contributed by atoms with E-state index < -0.39 is 0 Å². The number of oxime groups is 1. The summed E-state index contributed by atoms with van der Waals surface area (Å²) in [6.07, 6.45) is 0. The number of hydrogen-bond acceptors (Lipinski definition) is 4. The number of aromatic nitrogens is 2. The number of nitrogens with zero attached hydrogens (tertiary/aromatic N) is 3. The molecule has 1 heterocycles. The van der Waals surface area contributed by atoms with Crippen molar-refractivity contribution in [2.75, 3.05) is 7.11 Å². The lowest BCUT2D eigenvalue weighted by atomic mass is 10.1. The summed E-state index contributed by atoms with van der Waals surface area (Å²) < 4.78 is 7.02. The van der Waals surface area contributed by atoms with Crippen LogP contribution in [0.25, 0.3) is 0 Å². The lowest BCUT2D eigenvalue weighted by Gasteiger charge is -2.10. The molecule has 21 heavy (non-hydrogen) atoms. The van der Waals surface area contributed by atoms with E-state index in [4.69, 9.17) is 27.3 Å². The number of benzene rings is 1. The molecule has 2 aromatic rings. The van der Waals surface area contributed by atoms with Gasteiger partial charge in [0.1, 0.15) is 5.75 Å². The quantitative estimate of drug-likeness (QED) is 0.393. The SMILES string of the molecule is COc1ccc(Cn2nc(C)c(Cl)c2C)cc1C(N)=NO. The molecule has 2 rings (SSSR count). The van der Waals surface area contributed by atoms with Crippen LogP contribution in [0.2, 0.25) is 5.02 Å². The Bertz CT molecular complexity index is 695. The molecule has 0 atom stereocenters. The molecule has 0 aliphatic rings. The first-order chi connectivity index (χ1) is 9.97. The highest BCUT2D eigenvalue weighted by molar-refractivity contribution is 6.31. The van der Waals surface area contributed by atoms with Gasteiger partial charge in [0.15, 0.2) is 5.84 Å². The summed E-state index contributed by atoms with van der Waals surface area (Å²) in [4.78, 5) is 0. The Balaban J connectivity index is 2.39. The number of ether oxygens (including phenoxy) is 1. The van der Waals surface area contributed by atoms with Crippen LogP contribution in [0, 0.1) is 13.8 Å². The Morgan fingerprint density at radius 2 is 2.19 bits per heavy atom. The van der Waals surface area contributed by atoms with Crippen molar-refractivity contribution in [1.82, 2.24) is 9.78 Å². The number of aryl methyl sites for hydroxylation is 1. The van der Waals surface area contributed by atoms with Crippen molar-refractivity contribution in [3.63, 3.8) is 0 Å². The summed E-state index contributed by atoms with van der Waals surface area (Å²) in [6, 6.07) is 5.48. The van der Waals surface area contributed by atoms with Crippen molar-refractivity contribution in [2.45, 2.75) is 20.4 Å². The maximum atomic E-state index is 8.85. The second-order valence-electron chi connectivity index (χ2n) is 4.66. The first-order valence-corrected chi connectivity index (χ1v) is 6.70. The zero-order valence-electron chi connectivity index (χ0n) is 12.1. The Labute approximate surface area is 127 Å². The van der Waals surface area contributed by atoms with Gasteiger partial charge < -0.3 is 15.7 Å². The molecule has 6 nitrogen and oxygen atoms in total. The van der Waals surface area contributed by atoms with E-state index in [1.807, 2.05) is 24.6 Å². The van der Waals surface area contributed by atoms with E-state index in [2.05, 4.69) is 10.3 Å². The molecule has 0 saturated heterocycles. The summed E-state index contributed by atoms with van der Waals surface area (Å²) in [5, 5.41) is 16.9. The van der Waals surface area contributed by atoms with Crippen LogP contribution in [0.3, 0.4) is 0 Å². The van der Waals surface area contributed by atoms with Crippen LogP contribution in [0.1, 0.15) is 22.5 Å². The molecule has 0 spiro atoms. The molecular formula is C14H17ClN4O2. The minimum atomic E-state index is 0.0000928. The zero-order chi connectivity index (χ0) is 15.6. The van der Waals surface area contributed by atoms with Gasteiger partial charge >= 0.3 is 0 Å². The Morgan fingerprint density at radius 1 is 1.48 bits per heavy atom. The molecule has 1 aromatic heterocycles. The second kappa shape index (κ2) is 6.05. The van der Waals surface area contributed by atoms with Gasteiger partial charge in [0, 0.05) is 0 Å². The normalized spacial score (nSPS) is 11.7. The summed E-state index contributed by atoms with van der Waals surface area (Å²) in [7, 11) is 1.53. The van der Waals surface area contributed by atoms with Crippen molar-refractivity contribution in [2.24, 2.45) is 10.9 Å². The maximum Gasteiger partial charge on any atom is 0.173 e. The molecule has 0 amide bonds. The number of amidine groups is 1. The van der Waals surface area contributed by atoms with E-state index in [0.717, 1.165) is 17.0 Å². The molecule has 0 aliphatic carbocycles. The van der Waals surface area contributed by atoms with Crippen LogP contribution in [0.5, 0.6) is 5.75 Å². The van der Waals surface area contributed by atoms with Gasteiger partial charge in [-0.2, -0.15) is 5.10 Å². The van der Waals surface area contributed by atoms with E-state index in [9.17, 15) is 0 Å². The molecule has 0 radical (unpaired) electrons. The highest BCUT2D eigenvalue weighted by atomic mass is 35.5. The largest absolute Gasteiger partial charge is 0.496 e. The maximum absolute atomic E-state index is 8.85. The third kappa shape index (κ3) is 2.95.